The Morgan fingerprint density at radius 2 is 1.79 bits per heavy atom. The van der Waals surface area contributed by atoms with Crippen LogP contribution < -0.4 is 10.1 Å². The van der Waals surface area contributed by atoms with Crippen LogP contribution in [0.1, 0.15) is 23.1 Å². The van der Waals surface area contributed by atoms with Gasteiger partial charge >= 0.3 is 12.2 Å². The first-order chi connectivity index (χ1) is 13.3. The molecule has 4 rings (SSSR count). The molecule has 1 fully saturated rings. The fourth-order valence-corrected chi connectivity index (χ4v) is 3.77. The van der Waals surface area contributed by atoms with Crippen molar-refractivity contribution in [2.45, 2.75) is 31.1 Å². The lowest BCUT2D eigenvalue weighted by Crippen LogP contribution is -2.41. The Hall–Kier alpha value is -3.03. The predicted molar refractivity (Wildman–Crippen MR) is 93.5 cm³/mol. The number of hydrogen-bond acceptors (Lipinski definition) is 3. The Morgan fingerprint density at radius 3 is 2.50 bits per heavy atom. The number of fused-ring (bicyclic) bond motifs is 2. The van der Waals surface area contributed by atoms with Gasteiger partial charge in [-0.05, 0) is 41.7 Å². The first kappa shape index (κ1) is 18.3. The number of amides is 3. The lowest BCUT2D eigenvalue weighted by Gasteiger charge is -2.22. The van der Waals surface area contributed by atoms with Crippen LogP contribution in [0.25, 0.3) is 0 Å². The molecule has 0 radical (unpaired) electrons. The maximum atomic E-state index is 13.1. The first-order valence-corrected chi connectivity index (χ1v) is 8.79. The zero-order valence-electron chi connectivity index (χ0n) is 14.8. The Balaban J connectivity index is 1.49. The summed E-state index contributed by atoms with van der Waals surface area (Å²) in [6.07, 6.45) is -3.19. The van der Waals surface area contributed by atoms with E-state index in [2.05, 4.69) is 10.1 Å². The molecule has 0 bridgehead atoms. The summed E-state index contributed by atoms with van der Waals surface area (Å²) in [6, 6.07) is 12.9. The Kier molecular flexibility index (Phi) is 4.28. The van der Waals surface area contributed by atoms with Crippen molar-refractivity contribution in [3.63, 3.8) is 0 Å². The fraction of sp³-hybridized carbons (Fsp3) is 0.300. The van der Waals surface area contributed by atoms with E-state index in [1.807, 2.05) is 24.3 Å². The molecule has 1 spiro atoms. The molecular weight excluding hydrogens is 373 g/mol. The molecule has 3 amide bonds. The molecule has 1 saturated heterocycles. The topological polar surface area (TPSA) is 58.6 Å². The molecule has 1 aliphatic carbocycles. The molecule has 1 heterocycles. The molecule has 5 nitrogen and oxygen atoms in total. The summed E-state index contributed by atoms with van der Waals surface area (Å²) in [6.45, 7) is -1.34. The minimum absolute atomic E-state index is 0.0358. The molecule has 8 heteroatoms. The molecule has 0 saturated carbocycles. The van der Waals surface area contributed by atoms with Crippen molar-refractivity contribution in [2.24, 2.45) is 0 Å². The quantitative estimate of drug-likeness (QED) is 0.813. The van der Waals surface area contributed by atoms with E-state index >= 15 is 0 Å². The number of alkyl halides is 3. The summed E-state index contributed by atoms with van der Waals surface area (Å²) in [5, 5.41) is 2.84. The number of halogens is 3. The first-order valence-electron chi connectivity index (χ1n) is 8.79. The highest BCUT2D eigenvalue weighted by atomic mass is 19.4. The zero-order chi connectivity index (χ0) is 19.9. The van der Waals surface area contributed by atoms with Gasteiger partial charge in [0.2, 0.25) is 0 Å². The van der Waals surface area contributed by atoms with Gasteiger partial charge in [0.25, 0.3) is 5.91 Å². The van der Waals surface area contributed by atoms with Crippen LogP contribution in [0.4, 0.5) is 18.0 Å². The highest BCUT2D eigenvalue weighted by Crippen LogP contribution is 2.41. The number of benzene rings is 2. The van der Waals surface area contributed by atoms with Gasteiger partial charge in [0.1, 0.15) is 11.3 Å². The number of imide groups is 1. The van der Waals surface area contributed by atoms with Gasteiger partial charge in [-0.25, -0.2) is 4.79 Å². The van der Waals surface area contributed by atoms with Crippen LogP contribution in [0.15, 0.2) is 48.5 Å². The molecule has 1 N–H and O–H groups in total. The lowest BCUT2D eigenvalue weighted by molar-refractivity contribution is -0.153. The van der Waals surface area contributed by atoms with E-state index in [0.717, 1.165) is 16.0 Å². The standard InChI is InChI=1S/C20H17F3N2O3/c21-20(22,23)12-28-15-7-5-13(6-8-15)11-25-17(26)19(24-18(25)27)10-9-14-3-1-2-4-16(14)19/h1-8H,9-12H2,(H,24,27). The van der Waals surface area contributed by atoms with Crippen LogP contribution in [0.2, 0.25) is 0 Å². The van der Waals surface area contributed by atoms with Crippen LogP contribution in [0.3, 0.4) is 0 Å². The Bertz CT molecular complexity index is 927. The lowest BCUT2D eigenvalue weighted by atomic mass is 9.92. The van der Waals surface area contributed by atoms with Crippen LogP contribution in [-0.2, 0) is 23.3 Å². The van der Waals surface area contributed by atoms with E-state index < -0.39 is 24.4 Å². The summed E-state index contributed by atoms with van der Waals surface area (Å²) in [5.41, 5.74) is 1.46. The number of rotatable bonds is 4. The van der Waals surface area contributed by atoms with Gasteiger partial charge in [-0.2, -0.15) is 13.2 Å². The molecule has 28 heavy (non-hydrogen) atoms. The second-order valence-corrected chi connectivity index (χ2v) is 6.93. The Labute approximate surface area is 159 Å². The van der Waals surface area contributed by atoms with Crippen molar-refractivity contribution in [3.8, 4) is 5.75 Å². The number of urea groups is 1. The number of hydrogen-bond donors (Lipinski definition) is 1. The number of nitrogens with zero attached hydrogens (tertiary/aromatic N) is 1. The summed E-state index contributed by atoms with van der Waals surface area (Å²) in [5.74, 6) is -0.237. The van der Waals surface area contributed by atoms with E-state index in [9.17, 15) is 22.8 Å². The second kappa shape index (κ2) is 6.54. The van der Waals surface area contributed by atoms with Crippen LogP contribution in [0.5, 0.6) is 5.75 Å². The summed E-state index contributed by atoms with van der Waals surface area (Å²) in [4.78, 5) is 26.7. The van der Waals surface area contributed by atoms with Gasteiger partial charge in [-0.3, -0.25) is 9.69 Å². The van der Waals surface area contributed by atoms with Gasteiger partial charge in [0.15, 0.2) is 6.61 Å². The number of ether oxygens (including phenoxy) is 1. The van der Waals surface area contributed by atoms with Gasteiger partial charge in [-0.1, -0.05) is 36.4 Å². The van der Waals surface area contributed by atoms with Crippen molar-refractivity contribution < 1.29 is 27.5 Å². The van der Waals surface area contributed by atoms with E-state index in [0.29, 0.717) is 18.4 Å². The molecule has 1 atom stereocenters. The normalized spacial score (nSPS) is 21.2. The Morgan fingerprint density at radius 1 is 1.07 bits per heavy atom. The zero-order valence-corrected chi connectivity index (χ0v) is 14.8. The number of carbonyl (C=O) groups excluding carboxylic acids is 2. The van der Waals surface area contributed by atoms with Crippen molar-refractivity contribution in [1.29, 1.82) is 0 Å². The molecule has 0 aromatic heterocycles. The van der Waals surface area contributed by atoms with Crippen LogP contribution in [-0.4, -0.2) is 29.6 Å². The maximum Gasteiger partial charge on any atom is 0.422 e. The van der Waals surface area contributed by atoms with Gasteiger partial charge in [0.05, 0.1) is 6.54 Å². The molecule has 2 aromatic carbocycles. The molecule has 1 unspecified atom stereocenters. The third kappa shape index (κ3) is 3.19. The van der Waals surface area contributed by atoms with E-state index in [4.69, 9.17) is 0 Å². The minimum atomic E-state index is -4.41. The fourth-order valence-electron chi connectivity index (χ4n) is 3.77. The van der Waals surface area contributed by atoms with E-state index in [-0.39, 0.29) is 18.2 Å². The maximum absolute atomic E-state index is 13.1. The highest BCUT2D eigenvalue weighted by Gasteiger charge is 2.55. The van der Waals surface area contributed by atoms with Gasteiger partial charge in [0, 0.05) is 0 Å². The summed E-state index contributed by atoms with van der Waals surface area (Å²) >= 11 is 0. The van der Waals surface area contributed by atoms with E-state index in [1.165, 1.54) is 12.1 Å². The second-order valence-electron chi connectivity index (χ2n) is 6.93. The largest absolute Gasteiger partial charge is 0.484 e. The summed E-state index contributed by atoms with van der Waals surface area (Å²) < 4.78 is 41.3. The highest BCUT2D eigenvalue weighted by molar-refractivity contribution is 6.08. The molecule has 1 aliphatic heterocycles. The molecule has 2 aromatic rings. The number of nitrogens with one attached hydrogen (secondary N) is 1. The molecule has 146 valence electrons. The predicted octanol–water partition coefficient (Wildman–Crippen LogP) is 3.52. The average molecular weight is 390 g/mol. The van der Waals surface area contributed by atoms with Crippen molar-refractivity contribution in [1.82, 2.24) is 10.2 Å². The van der Waals surface area contributed by atoms with Crippen molar-refractivity contribution in [3.05, 3.63) is 65.2 Å². The van der Waals surface area contributed by atoms with Gasteiger partial charge < -0.3 is 10.1 Å². The van der Waals surface area contributed by atoms with Crippen molar-refractivity contribution >= 4 is 11.9 Å². The third-order valence-electron chi connectivity index (χ3n) is 5.09. The molecule has 2 aliphatic rings. The van der Waals surface area contributed by atoms with Gasteiger partial charge in [-0.15, -0.1) is 0 Å². The summed E-state index contributed by atoms with van der Waals surface area (Å²) in [7, 11) is 0. The number of carbonyl (C=O) groups is 2. The monoisotopic (exact) mass is 390 g/mol. The van der Waals surface area contributed by atoms with Crippen LogP contribution >= 0.6 is 0 Å². The minimum Gasteiger partial charge on any atom is -0.484 e. The third-order valence-corrected chi connectivity index (χ3v) is 5.09. The smallest absolute Gasteiger partial charge is 0.422 e. The van der Waals surface area contributed by atoms with E-state index in [1.54, 1.807) is 12.1 Å². The molecular formula is C20H17F3N2O3. The average Bonchev–Trinajstić information content (AvgIpc) is 3.14. The SMILES string of the molecule is O=C1NC2(CCc3ccccc32)C(=O)N1Cc1ccc(OCC(F)(F)F)cc1. The van der Waals surface area contributed by atoms with Crippen molar-refractivity contribution in [2.75, 3.05) is 6.61 Å². The van der Waals surface area contributed by atoms with Crippen LogP contribution in [0, 0.1) is 0 Å². The number of aryl methyl sites for hydroxylation is 1.